The number of halogens is 2. The molecule has 0 amide bonds. The maximum Gasteiger partial charge on any atom is 0.126 e. The fourth-order valence-electron chi connectivity index (χ4n) is 1.44. The van der Waals surface area contributed by atoms with Gasteiger partial charge in [-0.15, -0.1) is 24.8 Å². The van der Waals surface area contributed by atoms with Crippen LogP contribution in [0, 0.1) is 0 Å². The van der Waals surface area contributed by atoms with E-state index in [0.29, 0.717) is 6.04 Å². The van der Waals surface area contributed by atoms with E-state index in [-0.39, 0.29) is 24.8 Å². The molecule has 1 aromatic heterocycles. The topological polar surface area (TPSA) is 37.0 Å². The number of hydrogen-bond acceptors (Lipinski definition) is 3. The Morgan fingerprint density at radius 2 is 2.21 bits per heavy atom. The largest absolute Gasteiger partial charge is 0.366 e. The van der Waals surface area contributed by atoms with Gasteiger partial charge >= 0.3 is 0 Å². The lowest BCUT2D eigenvalue weighted by molar-refractivity contribution is 0.788. The van der Waals surface area contributed by atoms with E-state index in [1.807, 2.05) is 24.4 Å². The second-order valence-electron chi connectivity index (χ2n) is 3.05. The summed E-state index contributed by atoms with van der Waals surface area (Å²) < 4.78 is 0. The van der Waals surface area contributed by atoms with E-state index in [4.69, 9.17) is 0 Å². The average molecular weight is 236 g/mol. The Labute approximate surface area is 96.5 Å². The van der Waals surface area contributed by atoms with Gasteiger partial charge in [-0.05, 0) is 25.1 Å². The molecular weight excluding hydrogens is 221 g/mol. The van der Waals surface area contributed by atoms with Crippen molar-refractivity contribution in [3.8, 4) is 0 Å². The van der Waals surface area contributed by atoms with Gasteiger partial charge in [0, 0.05) is 18.8 Å². The first kappa shape index (κ1) is 13.5. The molecule has 0 radical (unpaired) electrons. The summed E-state index contributed by atoms with van der Waals surface area (Å²) in [6.45, 7) is 2.17. The van der Waals surface area contributed by atoms with Crippen molar-refractivity contribution in [1.82, 2.24) is 10.3 Å². The third kappa shape index (κ3) is 3.70. The van der Waals surface area contributed by atoms with Crippen LogP contribution in [0.1, 0.15) is 6.42 Å². The maximum absolute atomic E-state index is 4.20. The number of aromatic nitrogens is 1. The van der Waals surface area contributed by atoms with Gasteiger partial charge < -0.3 is 10.6 Å². The van der Waals surface area contributed by atoms with Crippen LogP contribution < -0.4 is 10.6 Å². The van der Waals surface area contributed by atoms with Crippen LogP contribution in [0.2, 0.25) is 0 Å². The van der Waals surface area contributed by atoms with Gasteiger partial charge in [0.2, 0.25) is 0 Å². The van der Waals surface area contributed by atoms with Crippen molar-refractivity contribution < 1.29 is 0 Å². The predicted molar refractivity (Wildman–Crippen MR) is 63.6 cm³/mol. The third-order valence-electron chi connectivity index (χ3n) is 2.08. The van der Waals surface area contributed by atoms with E-state index < -0.39 is 0 Å². The second-order valence-corrected chi connectivity index (χ2v) is 3.05. The van der Waals surface area contributed by atoms with E-state index in [1.165, 1.54) is 6.42 Å². The van der Waals surface area contributed by atoms with Gasteiger partial charge in [-0.2, -0.15) is 0 Å². The molecule has 0 unspecified atom stereocenters. The Morgan fingerprint density at radius 1 is 1.36 bits per heavy atom. The minimum atomic E-state index is 0. The average Bonchev–Trinajstić information content (AvgIpc) is 2.59. The molecular formula is C9H15Cl2N3. The van der Waals surface area contributed by atoms with Crippen LogP contribution >= 0.6 is 24.8 Å². The Balaban J connectivity index is 0.000000845. The van der Waals surface area contributed by atoms with E-state index in [9.17, 15) is 0 Å². The van der Waals surface area contributed by atoms with Gasteiger partial charge in [0.15, 0.2) is 0 Å². The minimum absolute atomic E-state index is 0. The SMILES string of the molecule is Cl.Cl.c1ccc(N[C@@H]2CCNC2)nc1. The van der Waals surface area contributed by atoms with Crippen LogP contribution in [0.15, 0.2) is 24.4 Å². The molecule has 1 aliphatic rings. The predicted octanol–water partition coefficient (Wildman–Crippen LogP) is 1.70. The van der Waals surface area contributed by atoms with Crippen molar-refractivity contribution in [1.29, 1.82) is 0 Å². The summed E-state index contributed by atoms with van der Waals surface area (Å²) in [6, 6.07) is 6.48. The molecule has 5 heteroatoms. The van der Waals surface area contributed by atoms with Crippen LogP contribution in [0.25, 0.3) is 0 Å². The lowest BCUT2D eigenvalue weighted by Gasteiger charge is -2.10. The van der Waals surface area contributed by atoms with Crippen molar-refractivity contribution in [3.63, 3.8) is 0 Å². The molecule has 14 heavy (non-hydrogen) atoms. The van der Waals surface area contributed by atoms with Crippen LogP contribution in [-0.2, 0) is 0 Å². The quantitative estimate of drug-likeness (QED) is 0.820. The van der Waals surface area contributed by atoms with Crippen molar-refractivity contribution in [2.24, 2.45) is 0 Å². The smallest absolute Gasteiger partial charge is 0.126 e. The lowest BCUT2D eigenvalue weighted by Crippen LogP contribution is -2.22. The molecule has 2 heterocycles. The number of nitrogens with one attached hydrogen (secondary N) is 2. The molecule has 3 nitrogen and oxygen atoms in total. The van der Waals surface area contributed by atoms with Crippen molar-refractivity contribution >= 4 is 30.6 Å². The number of nitrogens with zero attached hydrogens (tertiary/aromatic N) is 1. The molecule has 1 atom stereocenters. The molecule has 0 aromatic carbocycles. The normalized spacial score (nSPS) is 19.3. The zero-order valence-corrected chi connectivity index (χ0v) is 9.40. The van der Waals surface area contributed by atoms with Gasteiger partial charge in [-0.1, -0.05) is 6.07 Å². The van der Waals surface area contributed by atoms with E-state index in [2.05, 4.69) is 15.6 Å². The Kier molecular flexibility index (Phi) is 6.62. The summed E-state index contributed by atoms with van der Waals surface area (Å²) >= 11 is 0. The Bertz CT molecular complexity index is 237. The van der Waals surface area contributed by atoms with Gasteiger partial charge in [0.1, 0.15) is 5.82 Å². The molecule has 1 saturated heterocycles. The standard InChI is InChI=1S/C9H13N3.2ClH/c1-2-5-11-9(3-1)12-8-4-6-10-7-8;;/h1-3,5,8,10H,4,6-7H2,(H,11,12);2*1H/t8-;;/m1../s1. The highest BCUT2D eigenvalue weighted by Crippen LogP contribution is 2.06. The molecule has 2 N–H and O–H groups in total. The first-order valence-corrected chi connectivity index (χ1v) is 4.33. The first-order valence-electron chi connectivity index (χ1n) is 4.33. The zero-order valence-electron chi connectivity index (χ0n) is 7.77. The molecule has 1 aromatic rings. The van der Waals surface area contributed by atoms with Crippen molar-refractivity contribution in [2.45, 2.75) is 12.5 Å². The molecule has 0 saturated carbocycles. The number of rotatable bonds is 2. The summed E-state index contributed by atoms with van der Waals surface area (Å²) in [5.41, 5.74) is 0. The highest BCUT2D eigenvalue weighted by Gasteiger charge is 2.13. The van der Waals surface area contributed by atoms with Gasteiger partial charge in [0.25, 0.3) is 0 Å². The summed E-state index contributed by atoms with van der Waals surface area (Å²) in [6.07, 6.45) is 3.00. The van der Waals surface area contributed by atoms with Crippen LogP contribution in [0.5, 0.6) is 0 Å². The Hall–Kier alpha value is -0.510. The van der Waals surface area contributed by atoms with Gasteiger partial charge in [-0.25, -0.2) is 4.98 Å². The van der Waals surface area contributed by atoms with E-state index >= 15 is 0 Å². The second kappa shape index (κ2) is 6.87. The molecule has 2 rings (SSSR count). The highest BCUT2D eigenvalue weighted by molar-refractivity contribution is 5.85. The van der Waals surface area contributed by atoms with Crippen molar-refractivity contribution in [2.75, 3.05) is 18.4 Å². The first-order chi connectivity index (χ1) is 5.95. The Morgan fingerprint density at radius 3 is 2.79 bits per heavy atom. The molecule has 80 valence electrons. The van der Waals surface area contributed by atoms with Gasteiger partial charge in [-0.3, -0.25) is 0 Å². The molecule has 0 bridgehead atoms. The third-order valence-corrected chi connectivity index (χ3v) is 2.08. The number of anilines is 1. The molecule has 0 spiro atoms. The number of pyridine rings is 1. The zero-order chi connectivity index (χ0) is 8.23. The van der Waals surface area contributed by atoms with Gasteiger partial charge in [0.05, 0.1) is 0 Å². The van der Waals surface area contributed by atoms with E-state index in [0.717, 1.165) is 18.9 Å². The fourth-order valence-corrected chi connectivity index (χ4v) is 1.44. The summed E-state index contributed by atoms with van der Waals surface area (Å²) in [5.74, 6) is 0.978. The fraction of sp³-hybridized carbons (Fsp3) is 0.444. The minimum Gasteiger partial charge on any atom is -0.366 e. The van der Waals surface area contributed by atoms with E-state index in [1.54, 1.807) is 0 Å². The maximum atomic E-state index is 4.20. The monoisotopic (exact) mass is 235 g/mol. The lowest BCUT2D eigenvalue weighted by atomic mass is 10.2. The summed E-state index contributed by atoms with van der Waals surface area (Å²) in [4.78, 5) is 4.20. The molecule has 0 aliphatic carbocycles. The summed E-state index contributed by atoms with van der Waals surface area (Å²) in [7, 11) is 0. The molecule has 1 fully saturated rings. The number of hydrogen-bond donors (Lipinski definition) is 2. The highest BCUT2D eigenvalue weighted by atomic mass is 35.5. The summed E-state index contributed by atoms with van der Waals surface area (Å²) in [5, 5.41) is 6.67. The van der Waals surface area contributed by atoms with Crippen LogP contribution in [0.3, 0.4) is 0 Å². The molecule has 1 aliphatic heterocycles. The van der Waals surface area contributed by atoms with Crippen LogP contribution in [0.4, 0.5) is 5.82 Å². The van der Waals surface area contributed by atoms with Crippen molar-refractivity contribution in [3.05, 3.63) is 24.4 Å². The van der Waals surface area contributed by atoms with Crippen LogP contribution in [-0.4, -0.2) is 24.1 Å².